The standard InChI is InChI=1S/C20H12F4N4OS/c21-15-7-6-13(20(22,23)24)8-16(15)26-18(29)17-11-30-19(27-17)12-9-25-28(10-12)14-4-2-1-3-5-14/h1-11H,(H,26,29). The molecule has 2 heterocycles. The fourth-order valence-electron chi connectivity index (χ4n) is 2.65. The van der Waals surface area contributed by atoms with Crippen LogP contribution < -0.4 is 5.32 Å². The van der Waals surface area contributed by atoms with E-state index in [4.69, 9.17) is 0 Å². The number of rotatable bonds is 4. The molecule has 2 aromatic carbocycles. The molecule has 0 saturated heterocycles. The number of nitrogens with one attached hydrogen (secondary N) is 1. The first-order valence-corrected chi connectivity index (χ1v) is 9.43. The van der Waals surface area contributed by atoms with E-state index in [1.807, 2.05) is 30.3 Å². The summed E-state index contributed by atoms with van der Waals surface area (Å²) in [5.74, 6) is -1.79. The minimum Gasteiger partial charge on any atom is -0.318 e. The Morgan fingerprint density at radius 3 is 2.60 bits per heavy atom. The molecule has 4 rings (SSSR count). The van der Waals surface area contributed by atoms with E-state index in [1.165, 1.54) is 5.38 Å². The highest BCUT2D eigenvalue weighted by Crippen LogP contribution is 2.32. The first kappa shape index (κ1) is 19.8. The molecule has 0 aliphatic heterocycles. The van der Waals surface area contributed by atoms with Crippen molar-refractivity contribution in [3.05, 3.63) is 83.4 Å². The van der Waals surface area contributed by atoms with E-state index in [9.17, 15) is 22.4 Å². The van der Waals surface area contributed by atoms with Crippen LogP contribution in [-0.2, 0) is 6.18 Å². The number of hydrogen-bond donors (Lipinski definition) is 1. The zero-order valence-electron chi connectivity index (χ0n) is 15.0. The van der Waals surface area contributed by atoms with E-state index in [0.29, 0.717) is 28.8 Å². The smallest absolute Gasteiger partial charge is 0.318 e. The predicted molar refractivity (Wildman–Crippen MR) is 104 cm³/mol. The number of thiazole rings is 1. The van der Waals surface area contributed by atoms with E-state index < -0.39 is 29.2 Å². The van der Waals surface area contributed by atoms with Crippen LogP contribution in [0.1, 0.15) is 16.1 Å². The van der Waals surface area contributed by atoms with E-state index in [2.05, 4.69) is 15.4 Å². The Morgan fingerprint density at radius 2 is 1.87 bits per heavy atom. The fourth-order valence-corrected chi connectivity index (χ4v) is 3.43. The van der Waals surface area contributed by atoms with Crippen LogP contribution in [-0.4, -0.2) is 20.7 Å². The zero-order valence-corrected chi connectivity index (χ0v) is 15.8. The molecule has 0 spiro atoms. The molecule has 152 valence electrons. The summed E-state index contributed by atoms with van der Waals surface area (Å²) >= 11 is 1.16. The van der Waals surface area contributed by atoms with Crippen LogP contribution in [0.3, 0.4) is 0 Å². The lowest BCUT2D eigenvalue weighted by Gasteiger charge is -2.10. The summed E-state index contributed by atoms with van der Waals surface area (Å²) in [6.45, 7) is 0. The van der Waals surface area contributed by atoms with E-state index >= 15 is 0 Å². The van der Waals surface area contributed by atoms with Gasteiger partial charge in [0, 0.05) is 17.1 Å². The molecule has 0 fully saturated rings. The van der Waals surface area contributed by atoms with Crippen LogP contribution in [0.15, 0.2) is 66.3 Å². The van der Waals surface area contributed by atoms with Gasteiger partial charge in [-0.15, -0.1) is 11.3 Å². The average molecular weight is 432 g/mol. The van der Waals surface area contributed by atoms with Gasteiger partial charge in [-0.05, 0) is 30.3 Å². The Balaban J connectivity index is 1.54. The van der Waals surface area contributed by atoms with E-state index in [0.717, 1.165) is 17.0 Å². The van der Waals surface area contributed by atoms with Crippen molar-refractivity contribution in [2.24, 2.45) is 0 Å². The van der Waals surface area contributed by atoms with Crippen LogP contribution in [0.2, 0.25) is 0 Å². The van der Waals surface area contributed by atoms with Gasteiger partial charge in [0.05, 0.1) is 23.1 Å². The first-order chi connectivity index (χ1) is 14.3. The van der Waals surface area contributed by atoms with Crippen molar-refractivity contribution >= 4 is 22.9 Å². The topological polar surface area (TPSA) is 59.8 Å². The summed E-state index contributed by atoms with van der Waals surface area (Å²) < 4.78 is 54.0. The number of carbonyl (C=O) groups is 1. The number of aromatic nitrogens is 3. The summed E-state index contributed by atoms with van der Waals surface area (Å²) in [4.78, 5) is 16.6. The third-order valence-electron chi connectivity index (χ3n) is 4.13. The Kier molecular flexibility index (Phi) is 5.08. The lowest BCUT2D eigenvalue weighted by molar-refractivity contribution is -0.137. The summed E-state index contributed by atoms with van der Waals surface area (Å²) in [5, 5.41) is 8.33. The second-order valence-electron chi connectivity index (χ2n) is 6.19. The highest BCUT2D eigenvalue weighted by atomic mass is 32.1. The number of para-hydroxylation sites is 1. The fraction of sp³-hybridized carbons (Fsp3) is 0.0500. The molecule has 0 radical (unpaired) electrons. The van der Waals surface area contributed by atoms with Crippen molar-refractivity contribution in [3.63, 3.8) is 0 Å². The Bertz CT molecular complexity index is 1200. The molecule has 0 bridgehead atoms. The number of hydrogen-bond acceptors (Lipinski definition) is 4. The summed E-state index contributed by atoms with van der Waals surface area (Å²) in [7, 11) is 0. The number of halogens is 4. The molecule has 4 aromatic rings. The van der Waals surface area contributed by atoms with Gasteiger partial charge in [0.25, 0.3) is 5.91 Å². The number of anilines is 1. The van der Waals surface area contributed by atoms with Crippen molar-refractivity contribution in [2.75, 3.05) is 5.32 Å². The second kappa shape index (κ2) is 7.71. The summed E-state index contributed by atoms with van der Waals surface area (Å²) in [6.07, 6.45) is -1.33. The monoisotopic (exact) mass is 432 g/mol. The Morgan fingerprint density at radius 1 is 1.10 bits per heavy atom. The maximum absolute atomic E-state index is 13.9. The van der Waals surface area contributed by atoms with Gasteiger partial charge in [-0.2, -0.15) is 18.3 Å². The SMILES string of the molecule is O=C(Nc1cc(C(F)(F)F)ccc1F)c1csc(-c2cnn(-c3ccccc3)c2)n1. The summed E-state index contributed by atoms with van der Waals surface area (Å²) in [6, 6.07) is 11.2. The molecule has 0 aliphatic carbocycles. The van der Waals surface area contributed by atoms with Gasteiger partial charge < -0.3 is 5.32 Å². The molecule has 30 heavy (non-hydrogen) atoms. The minimum absolute atomic E-state index is 0.0423. The summed E-state index contributed by atoms with van der Waals surface area (Å²) in [5.41, 5.74) is -0.168. The minimum atomic E-state index is -4.65. The molecule has 10 heteroatoms. The van der Waals surface area contributed by atoms with Crippen LogP contribution in [0.5, 0.6) is 0 Å². The molecule has 0 aliphatic rings. The van der Waals surface area contributed by atoms with Gasteiger partial charge in [0.2, 0.25) is 0 Å². The zero-order chi connectivity index (χ0) is 21.3. The number of alkyl halides is 3. The highest BCUT2D eigenvalue weighted by molar-refractivity contribution is 7.13. The highest BCUT2D eigenvalue weighted by Gasteiger charge is 2.31. The largest absolute Gasteiger partial charge is 0.416 e. The molecule has 1 amide bonds. The Labute approximate surface area is 171 Å². The van der Waals surface area contributed by atoms with Crippen molar-refractivity contribution in [2.45, 2.75) is 6.18 Å². The normalized spacial score (nSPS) is 11.5. The molecule has 1 N–H and O–H groups in total. The van der Waals surface area contributed by atoms with Gasteiger partial charge in [-0.25, -0.2) is 14.1 Å². The van der Waals surface area contributed by atoms with Gasteiger partial charge in [-0.1, -0.05) is 18.2 Å². The maximum atomic E-state index is 13.9. The van der Waals surface area contributed by atoms with Crippen LogP contribution in [0.25, 0.3) is 16.3 Å². The van der Waals surface area contributed by atoms with Crippen LogP contribution in [0.4, 0.5) is 23.2 Å². The van der Waals surface area contributed by atoms with Gasteiger partial charge in [0.15, 0.2) is 0 Å². The molecular weight excluding hydrogens is 420 g/mol. The lowest BCUT2D eigenvalue weighted by atomic mass is 10.2. The quantitative estimate of drug-likeness (QED) is 0.439. The predicted octanol–water partition coefficient (Wildman–Crippen LogP) is 5.41. The van der Waals surface area contributed by atoms with Crippen molar-refractivity contribution in [1.82, 2.24) is 14.8 Å². The number of benzene rings is 2. The third kappa shape index (κ3) is 4.08. The average Bonchev–Trinajstić information content (AvgIpc) is 3.39. The van der Waals surface area contributed by atoms with E-state index in [-0.39, 0.29) is 5.69 Å². The van der Waals surface area contributed by atoms with Gasteiger partial charge >= 0.3 is 6.18 Å². The van der Waals surface area contributed by atoms with Crippen molar-refractivity contribution in [1.29, 1.82) is 0 Å². The van der Waals surface area contributed by atoms with E-state index in [1.54, 1.807) is 17.1 Å². The molecule has 2 aromatic heterocycles. The van der Waals surface area contributed by atoms with Gasteiger partial charge in [-0.3, -0.25) is 4.79 Å². The van der Waals surface area contributed by atoms with Crippen molar-refractivity contribution < 1.29 is 22.4 Å². The number of carbonyl (C=O) groups excluding carboxylic acids is 1. The molecule has 0 saturated carbocycles. The lowest BCUT2D eigenvalue weighted by Crippen LogP contribution is -2.15. The number of nitrogens with zero attached hydrogens (tertiary/aromatic N) is 3. The second-order valence-corrected chi connectivity index (χ2v) is 7.05. The Hall–Kier alpha value is -3.53. The third-order valence-corrected chi connectivity index (χ3v) is 5.02. The van der Waals surface area contributed by atoms with Crippen LogP contribution in [0, 0.1) is 5.82 Å². The van der Waals surface area contributed by atoms with Crippen molar-refractivity contribution in [3.8, 4) is 16.3 Å². The molecule has 0 atom stereocenters. The van der Waals surface area contributed by atoms with Crippen LogP contribution >= 0.6 is 11.3 Å². The first-order valence-electron chi connectivity index (χ1n) is 8.55. The van der Waals surface area contributed by atoms with Gasteiger partial charge in [0.1, 0.15) is 16.5 Å². The molecule has 5 nitrogen and oxygen atoms in total. The molecule has 0 unspecified atom stereocenters. The molecular formula is C20H12F4N4OS. The maximum Gasteiger partial charge on any atom is 0.416 e. The number of amides is 1.